The molecule has 94 valence electrons. The van der Waals surface area contributed by atoms with Crippen LogP contribution in [0.15, 0.2) is 12.2 Å². The quantitative estimate of drug-likeness (QED) is 0.552. The Morgan fingerprint density at radius 1 is 1.41 bits per heavy atom. The molecule has 3 saturated carbocycles. The van der Waals surface area contributed by atoms with Gasteiger partial charge in [0.1, 0.15) is 5.60 Å². The summed E-state index contributed by atoms with van der Waals surface area (Å²) in [6.07, 6.45) is 8.17. The van der Waals surface area contributed by atoms with Gasteiger partial charge in [0.05, 0.1) is 0 Å². The normalized spacial score (nSPS) is 42.5. The fourth-order valence-electron chi connectivity index (χ4n) is 4.56. The Hall–Kier alpha value is -0.790. The van der Waals surface area contributed by atoms with Gasteiger partial charge in [-0.05, 0) is 50.4 Å². The van der Waals surface area contributed by atoms with Gasteiger partial charge in [0, 0.05) is 11.5 Å². The highest BCUT2D eigenvalue weighted by Gasteiger charge is 2.61. The van der Waals surface area contributed by atoms with Gasteiger partial charge in [0.2, 0.25) is 0 Å². The molecule has 0 aromatic heterocycles. The number of ether oxygens (including phenoxy) is 1. The van der Waals surface area contributed by atoms with Gasteiger partial charge in [-0.3, -0.25) is 0 Å². The summed E-state index contributed by atoms with van der Waals surface area (Å²) in [4.78, 5) is 12.0. The van der Waals surface area contributed by atoms with Crippen molar-refractivity contribution in [3.63, 3.8) is 0 Å². The fourth-order valence-corrected chi connectivity index (χ4v) is 4.56. The highest BCUT2D eigenvalue weighted by Crippen LogP contribution is 2.62. The zero-order chi connectivity index (χ0) is 12.0. The molecular formula is C15H22O2. The maximum Gasteiger partial charge on any atom is 0.333 e. The Balaban J connectivity index is 1.77. The largest absolute Gasteiger partial charge is 0.455 e. The van der Waals surface area contributed by atoms with Gasteiger partial charge in [-0.15, -0.1) is 0 Å². The predicted octanol–water partition coefficient (Wildman–Crippen LogP) is 3.46. The molecule has 0 radical (unpaired) electrons. The maximum absolute atomic E-state index is 12.0. The van der Waals surface area contributed by atoms with E-state index in [1.54, 1.807) is 0 Å². The van der Waals surface area contributed by atoms with Crippen molar-refractivity contribution in [3.8, 4) is 0 Å². The van der Waals surface area contributed by atoms with E-state index in [2.05, 4.69) is 6.58 Å². The fraction of sp³-hybridized carbons (Fsp3) is 0.800. The molecule has 3 aliphatic rings. The number of rotatable bonds is 3. The maximum atomic E-state index is 12.0. The van der Waals surface area contributed by atoms with Gasteiger partial charge in [0.15, 0.2) is 0 Å². The van der Waals surface area contributed by atoms with Crippen LogP contribution in [0, 0.1) is 17.8 Å². The van der Waals surface area contributed by atoms with Crippen LogP contribution in [-0.2, 0) is 9.53 Å². The van der Waals surface area contributed by atoms with Gasteiger partial charge in [0.25, 0.3) is 0 Å². The molecule has 3 aliphatic carbocycles. The average Bonchev–Trinajstić information content (AvgIpc) is 2.98. The summed E-state index contributed by atoms with van der Waals surface area (Å²) in [6, 6.07) is 0. The minimum Gasteiger partial charge on any atom is -0.455 e. The second-order valence-electron chi connectivity index (χ2n) is 6.12. The summed E-state index contributed by atoms with van der Waals surface area (Å²) in [5.41, 5.74) is 0.533. The zero-order valence-corrected chi connectivity index (χ0v) is 10.7. The van der Waals surface area contributed by atoms with Gasteiger partial charge < -0.3 is 4.74 Å². The molecule has 3 rings (SSSR count). The second kappa shape index (κ2) is 3.86. The zero-order valence-electron chi connectivity index (χ0n) is 10.7. The van der Waals surface area contributed by atoms with E-state index in [9.17, 15) is 4.79 Å². The van der Waals surface area contributed by atoms with E-state index < -0.39 is 0 Å². The first-order chi connectivity index (χ1) is 8.16. The lowest BCUT2D eigenvalue weighted by Gasteiger charge is -2.35. The summed E-state index contributed by atoms with van der Waals surface area (Å²) >= 11 is 0. The Morgan fingerprint density at radius 2 is 2.24 bits per heavy atom. The molecule has 2 heteroatoms. The van der Waals surface area contributed by atoms with E-state index in [0.717, 1.165) is 24.7 Å². The van der Waals surface area contributed by atoms with Crippen molar-refractivity contribution in [2.45, 2.75) is 57.5 Å². The summed E-state index contributed by atoms with van der Waals surface area (Å²) in [5, 5.41) is 0. The van der Waals surface area contributed by atoms with E-state index in [0.29, 0.717) is 17.9 Å². The SMILES string of the molecule is C=C(CC)C(=O)OC12CCC(C1)C1CCCC12. The number of hydrogen-bond donors (Lipinski definition) is 0. The van der Waals surface area contributed by atoms with Crippen LogP contribution in [0.25, 0.3) is 0 Å². The number of carbonyl (C=O) groups excluding carboxylic acids is 1. The molecule has 0 N–H and O–H groups in total. The van der Waals surface area contributed by atoms with Crippen LogP contribution >= 0.6 is 0 Å². The van der Waals surface area contributed by atoms with E-state index >= 15 is 0 Å². The van der Waals surface area contributed by atoms with Crippen molar-refractivity contribution in [3.05, 3.63) is 12.2 Å². The van der Waals surface area contributed by atoms with Crippen molar-refractivity contribution < 1.29 is 9.53 Å². The summed E-state index contributed by atoms with van der Waals surface area (Å²) in [6.45, 7) is 5.77. The third kappa shape index (κ3) is 1.56. The Morgan fingerprint density at radius 3 is 3.00 bits per heavy atom. The lowest BCUT2D eigenvalue weighted by atomic mass is 9.79. The van der Waals surface area contributed by atoms with E-state index in [1.807, 2.05) is 6.92 Å². The molecule has 0 aromatic carbocycles. The minimum atomic E-state index is -0.138. The highest BCUT2D eigenvalue weighted by molar-refractivity contribution is 5.88. The first kappa shape index (κ1) is 11.3. The third-order valence-electron chi connectivity index (χ3n) is 5.41. The third-order valence-corrected chi connectivity index (χ3v) is 5.41. The molecule has 4 unspecified atom stereocenters. The minimum absolute atomic E-state index is 0.0962. The first-order valence-electron chi connectivity index (χ1n) is 7.07. The van der Waals surface area contributed by atoms with Crippen molar-refractivity contribution in [1.82, 2.24) is 0 Å². The van der Waals surface area contributed by atoms with Gasteiger partial charge >= 0.3 is 5.97 Å². The molecule has 4 atom stereocenters. The molecule has 0 spiro atoms. The number of carbonyl (C=O) groups is 1. The topological polar surface area (TPSA) is 26.3 Å². The summed E-state index contributed by atoms with van der Waals surface area (Å²) < 4.78 is 5.92. The van der Waals surface area contributed by atoms with Gasteiger partial charge in [-0.25, -0.2) is 4.79 Å². The average molecular weight is 234 g/mol. The Bertz CT molecular complexity index is 360. The smallest absolute Gasteiger partial charge is 0.333 e. The molecule has 0 heterocycles. The highest BCUT2D eigenvalue weighted by atomic mass is 16.6. The van der Waals surface area contributed by atoms with Crippen LogP contribution in [0.5, 0.6) is 0 Å². The van der Waals surface area contributed by atoms with Crippen molar-refractivity contribution in [1.29, 1.82) is 0 Å². The molecule has 0 aliphatic heterocycles. The Labute approximate surface area is 103 Å². The van der Waals surface area contributed by atoms with Crippen LogP contribution in [0.2, 0.25) is 0 Å². The van der Waals surface area contributed by atoms with Crippen LogP contribution in [0.4, 0.5) is 0 Å². The number of esters is 1. The molecular weight excluding hydrogens is 212 g/mol. The molecule has 3 fully saturated rings. The number of hydrogen-bond acceptors (Lipinski definition) is 2. The standard InChI is InChI=1S/C15H22O2/c1-3-10(2)14(16)17-15-8-7-11(9-15)12-5-4-6-13(12)15/h11-13H,2-9H2,1H3. The molecule has 0 saturated heterocycles. The van der Waals surface area contributed by atoms with Crippen LogP contribution in [-0.4, -0.2) is 11.6 Å². The molecule has 2 nitrogen and oxygen atoms in total. The first-order valence-corrected chi connectivity index (χ1v) is 7.07. The van der Waals surface area contributed by atoms with Crippen molar-refractivity contribution in [2.75, 3.05) is 0 Å². The van der Waals surface area contributed by atoms with E-state index in [4.69, 9.17) is 4.74 Å². The van der Waals surface area contributed by atoms with E-state index in [-0.39, 0.29) is 11.6 Å². The molecule has 2 bridgehead atoms. The molecule has 17 heavy (non-hydrogen) atoms. The second-order valence-corrected chi connectivity index (χ2v) is 6.12. The summed E-state index contributed by atoms with van der Waals surface area (Å²) in [7, 11) is 0. The predicted molar refractivity (Wildman–Crippen MR) is 66.4 cm³/mol. The van der Waals surface area contributed by atoms with Gasteiger partial charge in [-0.2, -0.15) is 0 Å². The van der Waals surface area contributed by atoms with Crippen LogP contribution < -0.4 is 0 Å². The Kier molecular flexibility index (Phi) is 2.57. The van der Waals surface area contributed by atoms with E-state index in [1.165, 1.54) is 25.7 Å². The lowest BCUT2D eigenvalue weighted by Crippen LogP contribution is -2.39. The van der Waals surface area contributed by atoms with Crippen LogP contribution in [0.3, 0.4) is 0 Å². The lowest BCUT2D eigenvalue weighted by molar-refractivity contribution is -0.159. The van der Waals surface area contributed by atoms with Crippen LogP contribution in [0.1, 0.15) is 51.9 Å². The van der Waals surface area contributed by atoms with Crippen molar-refractivity contribution >= 4 is 5.97 Å². The molecule has 0 aromatic rings. The number of fused-ring (bicyclic) bond motifs is 5. The van der Waals surface area contributed by atoms with Crippen molar-refractivity contribution in [2.24, 2.45) is 17.8 Å². The van der Waals surface area contributed by atoms with Gasteiger partial charge in [-0.1, -0.05) is 19.9 Å². The summed E-state index contributed by atoms with van der Waals surface area (Å²) in [5.74, 6) is 2.21. The molecule has 0 amide bonds. The monoisotopic (exact) mass is 234 g/mol.